The maximum Gasteiger partial charge on any atom is 0.243 e. The van der Waals surface area contributed by atoms with E-state index in [1.165, 1.54) is 4.31 Å². The van der Waals surface area contributed by atoms with Crippen LogP contribution in [0.1, 0.15) is 29.3 Å². The number of rotatable bonds is 3. The van der Waals surface area contributed by atoms with Crippen LogP contribution in [0.5, 0.6) is 0 Å². The molecule has 21 heavy (non-hydrogen) atoms. The van der Waals surface area contributed by atoms with E-state index in [-0.39, 0.29) is 0 Å². The Morgan fingerprint density at radius 1 is 1.14 bits per heavy atom. The fourth-order valence-electron chi connectivity index (χ4n) is 2.52. The summed E-state index contributed by atoms with van der Waals surface area (Å²) in [4.78, 5) is 4.70. The van der Waals surface area contributed by atoms with Crippen molar-refractivity contribution in [1.29, 1.82) is 0 Å². The van der Waals surface area contributed by atoms with E-state index in [2.05, 4.69) is 4.98 Å². The van der Waals surface area contributed by atoms with Gasteiger partial charge in [0, 0.05) is 25.0 Å². The summed E-state index contributed by atoms with van der Waals surface area (Å²) < 4.78 is 26.9. The van der Waals surface area contributed by atoms with E-state index in [9.17, 15) is 8.42 Å². The molecule has 0 radical (unpaired) electrons. The van der Waals surface area contributed by atoms with Crippen LogP contribution in [0.15, 0.2) is 41.4 Å². The molecule has 0 unspecified atom stereocenters. The summed E-state index contributed by atoms with van der Waals surface area (Å²) in [5, 5.41) is 0. The summed E-state index contributed by atoms with van der Waals surface area (Å²) in [6.07, 6.45) is 2.66. The van der Waals surface area contributed by atoms with Gasteiger partial charge in [0.05, 0.1) is 4.90 Å². The first-order chi connectivity index (χ1) is 10.0. The van der Waals surface area contributed by atoms with Gasteiger partial charge in [-0.15, -0.1) is 0 Å². The molecule has 110 valence electrons. The number of pyridine rings is 1. The number of nitrogens with zero attached hydrogens (tertiary/aromatic N) is 2. The van der Waals surface area contributed by atoms with Gasteiger partial charge in [-0.1, -0.05) is 24.6 Å². The fraction of sp³-hybridized carbons (Fsp3) is 0.312. The number of benzene rings is 1. The lowest BCUT2D eigenvalue weighted by molar-refractivity contribution is 0.431. The second kappa shape index (κ2) is 5.24. The number of aryl methyl sites for hydroxylation is 2. The minimum absolute atomic E-state index is 0.351. The SMILES string of the molecule is CCc1cc2c(cn1)CN(S(=O)(=O)c1ccc(C)cc1)C2. The Morgan fingerprint density at radius 2 is 1.81 bits per heavy atom. The van der Waals surface area contributed by atoms with Gasteiger partial charge >= 0.3 is 0 Å². The van der Waals surface area contributed by atoms with Crippen LogP contribution in [-0.4, -0.2) is 17.7 Å². The monoisotopic (exact) mass is 302 g/mol. The summed E-state index contributed by atoms with van der Waals surface area (Å²) in [5.74, 6) is 0. The second-order valence-corrected chi connectivity index (χ2v) is 7.32. The average molecular weight is 302 g/mol. The standard InChI is InChI=1S/C16H18N2O2S/c1-3-15-8-13-10-18(11-14(13)9-17-15)21(19,20)16-6-4-12(2)5-7-16/h4-9H,3,10-11H2,1-2H3. The van der Waals surface area contributed by atoms with Gasteiger partial charge in [-0.05, 0) is 42.7 Å². The van der Waals surface area contributed by atoms with Crippen LogP contribution in [0, 0.1) is 6.92 Å². The summed E-state index contributed by atoms with van der Waals surface area (Å²) >= 11 is 0. The predicted octanol–water partition coefficient (Wildman–Crippen LogP) is 2.66. The molecule has 0 fully saturated rings. The highest BCUT2D eigenvalue weighted by molar-refractivity contribution is 7.89. The van der Waals surface area contributed by atoms with Crippen molar-refractivity contribution in [3.8, 4) is 0 Å². The molecule has 0 saturated carbocycles. The van der Waals surface area contributed by atoms with Crippen molar-refractivity contribution >= 4 is 10.0 Å². The summed E-state index contributed by atoms with van der Waals surface area (Å²) in [5.41, 5.74) is 4.12. The molecule has 3 rings (SSSR count). The van der Waals surface area contributed by atoms with E-state index >= 15 is 0 Å². The fourth-order valence-corrected chi connectivity index (χ4v) is 3.92. The molecule has 0 aliphatic carbocycles. The molecular weight excluding hydrogens is 284 g/mol. The van der Waals surface area contributed by atoms with Crippen LogP contribution < -0.4 is 0 Å². The maximum atomic E-state index is 12.7. The molecule has 1 aromatic carbocycles. The van der Waals surface area contributed by atoms with Crippen molar-refractivity contribution in [2.45, 2.75) is 38.3 Å². The van der Waals surface area contributed by atoms with E-state index < -0.39 is 10.0 Å². The molecule has 0 atom stereocenters. The van der Waals surface area contributed by atoms with Crippen molar-refractivity contribution in [3.05, 3.63) is 58.9 Å². The molecule has 0 spiro atoms. The molecule has 2 heterocycles. The smallest absolute Gasteiger partial charge is 0.243 e. The molecule has 0 saturated heterocycles. The normalized spacial score (nSPS) is 15.1. The first kappa shape index (κ1) is 14.2. The Hall–Kier alpha value is -1.72. The van der Waals surface area contributed by atoms with Gasteiger partial charge in [0.15, 0.2) is 0 Å². The van der Waals surface area contributed by atoms with Gasteiger partial charge in [-0.2, -0.15) is 4.31 Å². The number of hydrogen-bond acceptors (Lipinski definition) is 3. The maximum absolute atomic E-state index is 12.7. The lowest BCUT2D eigenvalue weighted by Gasteiger charge is -2.15. The van der Waals surface area contributed by atoms with Gasteiger partial charge in [-0.3, -0.25) is 4.98 Å². The van der Waals surface area contributed by atoms with Gasteiger partial charge < -0.3 is 0 Å². The number of sulfonamides is 1. The molecule has 2 aromatic rings. The summed E-state index contributed by atoms with van der Waals surface area (Å²) in [6, 6.07) is 9.01. The van der Waals surface area contributed by atoms with Crippen LogP contribution in [-0.2, 0) is 29.5 Å². The number of hydrogen-bond donors (Lipinski definition) is 0. The first-order valence-electron chi connectivity index (χ1n) is 7.04. The van der Waals surface area contributed by atoms with E-state index in [4.69, 9.17) is 0 Å². The van der Waals surface area contributed by atoms with Gasteiger partial charge in [0.2, 0.25) is 10.0 Å². The molecule has 1 aliphatic rings. The van der Waals surface area contributed by atoms with Crippen LogP contribution in [0.3, 0.4) is 0 Å². The van der Waals surface area contributed by atoms with E-state index in [1.807, 2.05) is 32.0 Å². The van der Waals surface area contributed by atoms with Gasteiger partial charge in [0.1, 0.15) is 0 Å². The molecular formula is C16H18N2O2S. The Morgan fingerprint density at radius 3 is 2.48 bits per heavy atom. The van der Waals surface area contributed by atoms with Crippen molar-refractivity contribution in [2.75, 3.05) is 0 Å². The molecule has 1 aromatic heterocycles. The van der Waals surface area contributed by atoms with Crippen LogP contribution >= 0.6 is 0 Å². The zero-order valence-electron chi connectivity index (χ0n) is 12.2. The van der Waals surface area contributed by atoms with E-state index in [1.54, 1.807) is 18.3 Å². The third-order valence-electron chi connectivity index (χ3n) is 3.85. The third-order valence-corrected chi connectivity index (χ3v) is 5.66. The van der Waals surface area contributed by atoms with Gasteiger partial charge in [0.25, 0.3) is 0 Å². The zero-order chi connectivity index (χ0) is 15.0. The quantitative estimate of drug-likeness (QED) is 0.876. The highest BCUT2D eigenvalue weighted by Crippen LogP contribution is 2.28. The van der Waals surface area contributed by atoms with Crippen molar-refractivity contribution in [2.24, 2.45) is 0 Å². The van der Waals surface area contributed by atoms with Crippen molar-refractivity contribution in [1.82, 2.24) is 9.29 Å². The van der Waals surface area contributed by atoms with Crippen molar-refractivity contribution in [3.63, 3.8) is 0 Å². The second-order valence-electron chi connectivity index (χ2n) is 5.38. The Kier molecular flexibility index (Phi) is 3.55. The minimum Gasteiger partial charge on any atom is -0.261 e. The molecule has 5 heteroatoms. The summed E-state index contributed by atoms with van der Waals surface area (Å²) in [6.45, 7) is 4.83. The van der Waals surface area contributed by atoms with Crippen LogP contribution in [0.25, 0.3) is 0 Å². The molecule has 0 N–H and O–H groups in total. The first-order valence-corrected chi connectivity index (χ1v) is 8.48. The highest BCUT2D eigenvalue weighted by atomic mass is 32.2. The Bertz CT molecular complexity index is 767. The van der Waals surface area contributed by atoms with Gasteiger partial charge in [-0.25, -0.2) is 8.42 Å². The topological polar surface area (TPSA) is 50.3 Å². The average Bonchev–Trinajstić information content (AvgIpc) is 2.91. The van der Waals surface area contributed by atoms with Crippen LogP contribution in [0.2, 0.25) is 0 Å². The largest absolute Gasteiger partial charge is 0.261 e. The highest BCUT2D eigenvalue weighted by Gasteiger charge is 2.30. The zero-order valence-corrected chi connectivity index (χ0v) is 13.0. The Balaban J connectivity index is 1.91. The Labute approximate surface area is 125 Å². The lowest BCUT2D eigenvalue weighted by atomic mass is 10.1. The molecule has 4 nitrogen and oxygen atoms in total. The van der Waals surface area contributed by atoms with E-state index in [0.717, 1.165) is 28.8 Å². The van der Waals surface area contributed by atoms with E-state index in [0.29, 0.717) is 18.0 Å². The van der Waals surface area contributed by atoms with Crippen LogP contribution in [0.4, 0.5) is 0 Å². The molecule has 0 amide bonds. The van der Waals surface area contributed by atoms with Crippen molar-refractivity contribution < 1.29 is 8.42 Å². The minimum atomic E-state index is -3.44. The molecule has 1 aliphatic heterocycles. The predicted molar refractivity (Wildman–Crippen MR) is 81.2 cm³/mol. The molecule has 0 bridgehead atoms. The number of aromatic nitrogens is 1. The number of fused-ring (bicyclic) bond motifs is 1. The lowest BCUT2D eigenvalue weighted by Crippen LogP contribution is -2.25. The summed E-state index contributed by atoms with van der Waals surface area (Å²) in [7, 11) is -3.44. The third kappa shape index (κ3) is 2.59.